The predicted octanol–water partition coefficient (Wildman–Crippen LogP) is 5.08. The third kappa shape index (κ3) is 7.63. The first-order chi connectivity index (χ1) is 17.2. The minimum atomic E-state index is -4.03. The molecular weight excluding hydrogens is 500 g/mol. The maximum absolute atomic E-state index is 13.4. The third-order valence-corrected chi connectivity index (χ3v) is 7.31. The fraction of sp³-hybridized carbons (Fsp3) is 0.296. The number of hydrogen-bond donors (Lipinski definition) is 1. The summed E-state index contributed by atoms with van der Waals surface area (Å²) in [4.78, 5) is 12.8. The highest BCUT2D eigenvalue weighted by molar-refractivity contribution is 7.92. The standard InChI is InChI=1S/C27H31ClN2O5S/c1-20(2)35-25-11-9-21(10-12-25)6-5-17-29-27(31)19-30(23-8-4-7-22(28)18-23)36(32,33)26-15-13-24(34-3)14-16-26/h4,7-16,18,20H,5-6,17,19H2,1-3H3,(H,29,31). The van der Waals surface area contributed by atoms with Gasteiger partial charge in [0.1, 0.15) is 18.0 Å². The number of halogens is 1. The molecule has 0 atom stereocenters. The van der Waals surface area contributed by atoms with Crippen molar-refractivity contribution in [3.63, 3.8) is 0 Å². The van der Waals surface area contributed by atoms with Crippen molar-refractivity contribution < 1.29 is 22.7 Å². The number of carbonyl (C=O) groups is 1. The number of hydrogen-bond acceptors (Lipinski definition) is 5. The van der Waals surface area contributed by atoms with Gasteiger partial charge in [0.25, 0.3) is 10.0 Å². The van der Waals surface area contributed by atoms with Crippen molar-refractivity contribution in [1.82, 2.24) is 5.32 Å². The Morgan fingerprint density at radius 3 is 2.28 bits per heavy atom. The number of nitrogens with zero attached hydrogens (tertiary/aromatic N) is 1. The van der Waals surface area contributed by atoms with Crippen molar-refractivity contribution in [2.75, 3.05) is 24.5 Å². The summed E-state index contributed by atoms with van der Waals surface area (Å²) in [6.45, 7) is 3.99. The van der Waals surface area contributed by atoms with Crippen molar-refractivity contribution in [3.8, 4) is 11.5 Å². The first kappa shape index (κ1) is 27.4. The Hall–Kier alpha value is -3.23. The van der Waals surface area contributed by atoms with Crippen LogP contribution in [0, 0.1) is 0 Å². The molecule has 36 heavy (non-hydrogen) atoms. The van der Waals surface area contributed by atoms with E-state index < -0.39 is 15.9 Å². The van der Waals surface area contributed by atoms with E-state index in [1.807, 2.05) is 38.1 Å². The van der Waals surface area contributed by atoms with Gasteiger partial charge >= 0.3 is 0 Å². The number of nitrogens with one attached hydrogen (secondary N) is 1. The molecule has 0 spiro atoms. The number of sulfonamides is 1. The SMILES string of the molecule is COc1ccc(S(=O)(=O)N(CC(=O)NCCCc2ccc(OC(C)C)cc2)c2cccc(Cl)c2)cc1. The summed E-state index contributed by atoms with van der Waals surface area (Å²) in [5.74, 6) is 0.942. The van der Waals surface area contributed by atoms with Gasteiger partial charge in [0.2, 0.25) is 5.91 Å². The molecule has 0 saturated carbocycles. The summed E-state index contributed by atoms with van der Waals surface area (Å²) in [5, 5.41) is 3.19. The highest BCUT2D eigenvalue weighted by atomic mass is 35.5. The second-order valence-electron chi connectivity index (χ2n) is 8.43. The van der Waals surface area contributed by atoms with Gasteiger partial charge in [-0.05, 0) is 86.8 Å². The first-order valence-corrected chi connectivity index (χ1v) is 13.5. The van der Waals surface area contributed by atoms with Crippen LogP contribution in [0.3, 0.4) is 0 Å². The molecule has 0 bridgehead atoms. The van der Waals surface area contributed by atoms with Crippen LogP contribution in [0.1, 0.15) is 25.8 Å². The Labute approximate surface area is 218 Å². The van der Waals surface area contributed by atoms with Gasteiger partial charge in [0.05, 0.1) is 23.8 Å². The minimum Gasteiger partial charge on any atom is -0.497 e. The normalized spacial score (nSPS) is 11.2. The van der Waals surface area contributed by atoms with Crippen LogP contribution in [0.25, 0.3) is 0 Å². The lowest BCUT2D eigenvalue weighted by Gasteiger charge is -2.24. The first-order valence-electron chi connectivity index (χ1n) is 11.6. The van der Waals surface area contributed by atoms with Gasteiger partial charge in [-0.1, -0.05) is 29.8 Å². The Morgan fingerprint density at radius 2 is 1.67 bits per heavy atom. The summed E-state index contributed by atoms with van der Waals surface area (Å²) in [6.07, 6.45) is 1.59. The van der Waals surface area contributed by atoms with Gasteiger partial charge in [-0.2, -0.15) is 0 Å². The van der Waals surface area contributed by atoms with Gasteiger partial charge in [-0.25, -0.2) is 8.42 Å². The lowest BCUT2D eigenvalue weighted by molar-refractivity contribution is -0.119. The number of rotatable bonds is 12. The smallest absolute Gasteiger partial charge is 0.264 e. The maximum atomic E-state index is 13.4. The quantitative estimate of drug-likeness (QED) is 0.330. The molecule has 0 aromatic heterocycles. The summed E-state index contributed by atoms with van der Waals surface area (Å²) in [5.41, 5.74) is 1.43. The van der Waals surface area contributed by atoms with Gasteiger partial charge in [-0.15, -0.1) is 0 Å². The van der Waals surface area contributed by atoms with Crippen LogP contribution in [-0.2, 0) is 21.2 Å². The van der Waals surface area contributed by atoms with E-state index in [4.69, 9.17) is 21.1 Å². The van der Waals surface area contributed by atoms with Crippen LogP contribution in [0.15, 0.2) is 77.7 Å². The van der Waals surface area contributed by atoms with Crippen molar-refractivity contribution >= 4 is 33.2 Å². The number of anilines is 1. The van der Waals surface area contributed by atoms with Gasteiger partial charge in [0, 0.05) is 11.6 Å². The number of benzene rings is 3. The molecule has 0 saturated heterocycles. The van der Waals surface area contributed by atoms with E-state index in [0.29, 0.717) is 29.4 Å². The minimum absolute atomic E-state index is 0.0426. The topological polar surface area (TPSA) is 84.9 Å². The molecule has 3 aromatic rings. The number of ether oxygens (including phenoxy) is 2. The Morgan fingerprint density at radius 1 is 1.00 bits per heavy atom. The molecule has 3 aromatic carbocycles. The zero-order valence-electron chi connectivity index (χ0n) is 20.6. The Balaban J connectivity index is 1.64. The highest BCUT2D eigenvalue weighted by Crippen LogP contribution is 2.27. The maximum Gasteiger partial charge on any atom is 0.264 e. The Bertz CT molecular complexity index is 1250. The van der Waals surface area contributed by atoms with Gasteiger partial charge in [0.15, 0.2) is 0 Å². The molecule has 0 aliphatic rings. The summed E-state index contributed by atoms with van der Waals surface area (Å²) in [7, 11) is -2.53. The molecule has 0 fully saturated rings. The molecule has 0 aliphatic heterocycles. The lowest BCUT2D eigenvalue weighted by Crippen LogP contribution is -2.41. The second kappa shape index (κ2) is 12.6. The molecular formula is C27H31ClN2O5S. The predicted molar refractivity (Wildman–Crippen MR) is 143 cm³/mol. The van der Waals surface area contributed by atoms with Crippen molar-refractivity contribution in [2.45, 2.75) is 37.7 Å². The van der Waals surface area contributed by atoms with Crippen LogP contribution in [-0.4, -0.2) is 40.6 Å². The van der Waals surface area contributed by atoms with Crippen molar-refractivity contribution in [2.24, 2.45) is 0 Å². The van der Waals surface area contributed by atoms with E-state index in [-0.39, 0.29) is 17.5 Å². The zero-order valence-corrected chi connectivity index (χ0v) is 22.2. The van der Waals surface area contributed by atoms with E-state index in [0.717, 1.165) is 22.0 Å². The summed E-state index contributed by atoms with van der Waals surface area (Å²) < 4.78 is 38.7. The van der Waals surface area contributed by atoms with E-state index in [1.165, 1.54) is 25.3 Å². The van der Waals surface area contributed by atoms with Crippen LogP contribution in [0.5, 0.6) is 11.5 Å². The van der Waals surface area contributed by atoms with E-state index in [1.54, 1.807) is 30.3 Å². The van der Waals surface area contributed by atoms with E-state index in [2.05, 4.69) is 5.32 Å². The van der Waals surface area contributed by atoms with Crippen LogP contribution >= 0.6 is 11.6 Å². The van der Waals surface area contributed by atoms with Crippen molar-refractivity contribution in [1.29, 1.82) is 0 Å². The van der Waals surface area contributed by atoms with Crippen LogP contribution in [0.2, 0.25) is 5.02 Å². The molecule has 0 aliphatic carbocycles. The fourth-order valence-electron chi connectivity index (χ4n) is 3.53. The number of carbonyl (C=O) groups excluding carboxylic acids is 1. The second-order valence-corrected chi connectivity index (χ2v) is 10.7. The molecule has 0 heterocycles. The van der Waals surface area contributed by atoms with Gasteiger partial charge < -0.3 is 14.8 Å². The molecule has 0 radical (unpaired) electrons. The largest absolute Gasteiger partial charge is 0.497 e. The summed E-state index contributed by atoms with van der Waals surface area (Å²) >= 11 is 6.11. The van der Waals surface area contributed by atoms with Gasteiger partial charge in [-0.3, -0.25) is 9.10 Å². The number of amides is 1. The third-order valence-electron chi connectivity index (χ3n) is 5.29. The van der Waals surface area contributed by atoms with Crippen LogP contribution in [0.4, 0.5) is 5.69 Å². The molecule has 0 unspecified atom stereocenters. The average molecular weight is 531 g/mol. The average Bonchev–Trinajstić information content (AvgIpc) is 2.85. The molecule has 9 heteroatoms. The molecule has 1 amide bonds. The monoisotopic (exact) mass is 530 g/mol. The van der Waals surface area contributed by atoms with Crippen LogP contribution < -0.4 is 19.1 Å². The number of methoxy groups -OCH3 is 1. The molecule has 7 nitrogen and oxygen atoms in total. The molecule has 1 N–H and O–H groups in total. The lowest BCUT2D eigenvalue weighted by atomic mass is 10.1. The molecule has 192 valence electrons. The fourth-order valence-corrected chi connectivity index (χ4v) is 5.13. The van der Waals surface area contributed by atoms with E-state index >= 15 is 0 Å². The summed E-state index contributed by atoms with van der Waals surface area (Å²) in [6, 6.07) is 20.3. The zero-order chi connectivity index (χ0) is 26.1. The van der Waals surface area contributed by atoms with E-state index in [9.17, 15) is 13.2 Å². The number of aryl methyl sites for hydroxylation is 1. The highest BCUT2D eigenvalue weighted by Gasteiger charge is 2.27. The Kier molecular flexibility index (Phi) is 9.61. The van der Waals surface area contributed by atoms with Crippen molar-refractivity contribution in [3.05, 3.63) is 83.4 Å². The molecule has 3 rings (SSSR count).